The molecule has 5 rings (SSSR count). The van der Waals surface area contributed by atoms with Crippen molar-refractivity contribution in [3.05, 3.63) is 36.5 Å². The van der Waals surface area contributed by atoms with Crippen LogP contribution in [0.3, 0.4) is 0 Å². The summed E-state index contributed by atoms with van der Waals surface area (Å²) in [6.07, 6.45) is -1.09. The molecule has 0 bridgehead atoms. The van der Waals surface area contributed by atoms with Crippen LogP contribution in [-0.4, -0.2) is 99.8 Å². The van der Waals surface area contributed by atoms with Crippen LogP contribution < -0.4 is 15.1 Å². The summed E-state index contributed by atoms with van der Waals surface area (Å²) >= 11 is 0. The molecule has 10 nitrogen and oxygen atoms in total. The molecule has 3 aliphatic heterocycles. The van der Waals surface area contributed by atoms with Crippen molar-refractivity contribution in [3.8, 4) is 0 Å². The number of amides is 1. The number of anilines is 4. The van der Waals surface area contributed by atoms with Gasteiger partial charge in [0.05, 0.1) is 29.0 Å². The van der Waals surface area contributed by atoms with Gasteiger partial charge in [0.15, 0.2) is 0 Å². The second-order valence-corrected chi connectivity index (χ2v) is 12.3. The summed E-state index contributed by atoms with van der Waals surface area (Å²) in [5.74, 6) is 0.472. The molecular weight excluding hydrogens is 549 g/mol. The van der Waals surface area contributed by atoms with Gasteiger partial charge in [0, 0.05) is 64.2 Å². The van der Waals surface area contributed by atoms with Gasteiger partial charge >= 0.3 is 6.18 Å². The van der Waals surface area contributed by atoms with Gasteiger partial charge in [-0.05, 0) is 38.0 Å². The van der Waals surface area contributed by atoms with Gasteiger partial charge in [-0.3, -0.25) is 9.69 Å². The minimum Gasteiger partial charge on any atom is -0.381 e. The molecule has 0 radical (unpaired) electrons. The first-order valence-electron chi connectivity index (χ1n) is 13.2. The lowest BCUT2D eigenvalue weighted by Gasteiger charge is -2.45. The zero-order valence-electron chi connectivity index (χ0n) is 22.4. The monoisotopic (exact) mass is 582 g/mol. The number of sulfonamides is 1. The standard InChI is InChI=1S/C26H33F3N6O4S/c1-18-25(36)32(2)23-16-30-24(15-22(23)35(18)20-6-12-39-13-7-20)31-19-4-3-5-21(14-19)40(37,38)34-10-8-33(9-11-34)17-26(27,28)29/h3-5,14-16,18,20H,6-13,17H2,1-2H3,(H,30,31). The summed E-state index contributed by atoms with van der Waals surface area (Å²) in [5.41, 5.74) is 2.05. The van der Waals surface area contributed by atoms with Gasteiger partial charge in [0.25, 0.3) is 0 Å². The number of likely N-dealkylation sites (N-methyl/N-ethyl adjacent to an activating group) is 1. The summed E-state index contributed by atoms with van der Waals surface area (Å²) in [7, 11) is -2.17. The van der Waals surface area contributed by atoms with E-state index in [1.54, 1.807) is 30.3 Å². The second kappa shape index (κ2) is 11.1. The molecule has 14 heteroatoms. The predicted molar refractivity (Wildman–Crippen MR) is 144 cm³/mol. The fourth-order valence-corrected chi connectivity index (χ4v) is 7.06. The molecule has 2 aromatic rings. The highest BCUT2D eigenvalue weighted by molar-refractivity contribution is 7.89. The van der Waals surface area contributed by atoms with Crippen LogP contribution in [0.4, 0.5) is 36.1 Å². The van der Waals surface area contributed by atoms with E-state index in [-0.39, 0.29) is 49.1 Å². The minimum absolute atomic E-state index is 0.00865. The number of ether oxygens (including phenoxy) is 1. The van der Waals surface area contributed by atoms with Crippen molar-refractivity contribution < 1.29 is 31.1 Å². The average molecular weight is 583 g/mol. The summed E-state index contributed by atoms with van der Waals surface area (Å²) in [6.45, 7) is 2.07. The van der Waals surface area contributed by atoms with E-state index in [1.165, 1.54) is 21.3 Å². The molecule has 0 saturated carbocycles. The van der Waals surface area contributed by atoms with E-state index in [0.717, 1.165) is 18.5 Å². The zero-order valence-corrected chi connectivity index (χ0v) is 23.2. The van der Waals surface area contributed by atoms with Crippen LogP contribution in [0.5, 0.6) is 0 Å². The number of nitrogens with one attached hydrogen (secondary N) is 1. The lowest BCUT2D eigenvalue weighted by atomic mass is 10.00. The third-order valence-electron chi connectivity index (χ3n) is 7.67. The van der Waals surface area contributed by atoms with E-state index in [1.807, 2.05) is 13.0 Å². The smallest absolute Gasteiger partial charge is 0.381 e. The lowest BCUT2D eigenvalue weighted by Crippen LogP contribution is -2.55. The van der Waals surface area contributed by atoms with Gasteiger partial charge < -0.3 is 19.9 Å². The molecule has 3 aliphatic rings. The fraction of sp³-hybridized carbons (Fsp3) is 0.538. The molecule has 0 spiro atoms. The van der Waals surface area contributed by atoms with Gasteiger partial charge in [-0.2, -0.15) is 17.5 Å². The number of aromatic nitrogens is 1. The number of carbonyl (C=O) groups is 1. The first-order chi connectivity index (χ1) is 18.9. The number of fused-ring (bicyclic) bond motifs is 1. The largest absolute Gasteiger partial charge is 0.401 e. The summed E-state index contributed by atoms with van der Waals surface area (Å²) in [4.78, 5) is 22.4. The van der Waals surface area contributed by atoms with E-state index >= 15 is 0 Å². The lowest BCUT2D eigenvalue weighted by molar-refractivity contribution is -0.148. The normalized spacial score (nSPS) is 21.9. The van der Waals surface area contributed by atoms with Crippen molar-refractivity contribution in [1.82, 2.24) is 14.2 Å². The molecule has 1 aromatic carbocycles. The van der Waals surface area contributed by atoms with Crippen LogP contribution in [0, 0.1) is 0 Å². The number of piperazine rings is 1. The molecule has 1 amide bonds. The molecule has 1 unspecified atom stereocenters. The SMILES string of the molecule is CC1C(=O)N(C)c2cnc(Nc3cccc(S(=O)(=O)N4CCN(CC(F)(F)F)CC4)c3)cc2N1C1CCOCC1. The number of hydrogen-bond donors (Lipinski definition) is 1. The Labute approximate surface area is 231 Å². The third-order valence-corrected chi connectivity index (χ3v) is 9.56. The maximum atomic E-state index is 13.3. The highest BCUT2D eigenvalue weighted by Gasteiger charge is 2.39. The molecule has 1 N–H and O–H groups in total. The predicted octanol–water partition coefficient (Wildman–Crippen LogP) is 3.04. The van der Waals surface area contributed by atoms with Crippen molar-refractivity contribution in [1.29, 1.82) is 0 Å². The molecule has 2 fully saturated rings. The van der Waals surface area contributed by atoms with Crippen LogP contribution in [0.2, 0.25) is 0 Å². The summed E-state index contributed by atoms with van der Waals surface area (Å²) in [5, 5.41) is 3.18. The van der Waals surface area contributed by atoms with Crippen LogP contribution >= 0.6 is 0 Å². The molecule has 218 valence electrons. The number of nitrogens with zero attached hydrogens (tertiary/aromatic N) is 5. The number of benzene rings is 1. The number of carbonyl (C=O) groups excluding carboxylic acids is 1. The van der Waals surface area contributed by atoms with E-state index in [2.05, 4.69) is 15.2 Å². The maximum Gasteiger partial charge on any atom is 0.401 e. The Balaban J connectivity index is 1.35. The van der Waals surface area contributed by atoms with Crippen LogP contribution in [0.25, 0.3) is 0 Å². The quantitative estimate of drug-likeness (QED) is 0.555. The molecule has 40 heavy (non-hydrogen) atoms. The number of alkyl halides is 3. The van der Waals surface area contributed by atoms with Crippen LogP contribution in [-0.2, 0) is 19.6 Å². The van der Waals surface area contributed by atoms with Gasteiger partial charge in [-0.1, -0.05) is 6.07 Å². The number of rotatable bonds is 6. The Morgan fingerprint density at radius 1 is 1.07 bits per heavy atom. The number of halogens is 3. The Hall–Kier alpha value is -2.94. The first kappa shape index (κ1) is 28.6. The van der Waals surface area contributed by atoms with Crippen LogP contribution in [0.1, 0.15) is 19.8 Å². The minimum atomic E-state index is -4.32. The van der Waals surface area contributed by atoms with Crippen molar-refractivity contribution in [2.75, 3.05) is 68.1 Å². The number of hydrogen-bond acceptors (Lipinski definition) is 8. The van der Waals surface area contributed by atoms with Gasteiger partial charge in [-0.25, -0.2) is 13.4 Å². The van der Waals surface area contributed by atoms with Crippen molar-refractivity contribution in [2.24, 2.45) is 0 Å². The van der Waals surface area contributed by atoms with Gasteiger partial charge in [0.1, 0.15) is 11.9 Å². The molecule has 1 atom stereocenters. The summed E-state index contributed by atoms with van der Waals surface area (Å²) in [6, 6.07) is 7.93. The summed E-state index contributed by atoms with van der Waals surface area (Å²) < 4.78 is 71.5. The fourth-order valence-electron chi connectivity index (χ4n) is 5.59. The first-order valence-corrected chi connectivity index (χ1v) is 14.7. The van der Waals surface area contributed by atoms with Crippen molar-refractivity contribution >= 4 is 38.8 Å². The van der Waals surface area contributed by atoms with Gasteiger partial charge in [0.2, 0.25) is 15.9 Å². The Morgan fingerprint density at radius 2 is 1.77 bits per heavy atom. The molecule has 1 aromatic heterocycles. The maximum absolute atomic E-state index is 13.3. The van der Waals surface area contributed by atoms with Crippen molar-refractivity contribution in [3.63, 3.8) is 0 Å². The van der Waals surface area contributed by atoms with E-state index in [0.29, 0.717) is 30.4 Å². The number of pyridine rings is 1. The third kappa shape index (κ3) is 5.90. The Bertz CT molecular complexity index is 1340. The molecule has 2 saturated heterocycles. The highest BCUT2D eigenvalue weighted by atomic mass is 32.2. The topological polar surface area (TPSA) is 98.3 Å². The Morgan fingerprint density at radius 3 is 2.45 bits per heavy atom. The van der Waals surface area contributed by atoms with E-state index < -0.39 is 22.7 Å². The van der Waals surface area contributed by atoms with Crippen LogP contribution in [0.15, 0.2) is 41.4 Å². The second-order valence-electron chi connectivity index (χ2n) is 10.3. The van der Waals surface area contributed by atoms with E-state index in [4.69, 9.17) is 4.74 Å². The highest BCUT2D eigenvalue weighted by Crippen LogP contribution is 2.39. The van der Waals surface area contributed by atoms with Gasteiger partial charge in [-0.15, -0.1) is 0 Å². The average Bonchev–Trinajstić information content (AvgIpc) is 2.92. The van der Waals surface area contributed by atoms with E-state index in [9.17, 15) is 26.4 Å². The Kier molecular flexibility index (Phi) is 7.97. The molecule has 0 aliphatic carbocycles. The van der Waals surface area contributed by atoms with Crippen molar-refractivity contribution in [2.45, 2.75) is 42.9 Å². The zero-order chi connectivity index (χ0) is 28.7. The molecule has 4 heterocycles. The molecular formula is C26H33F3N6O4S.